The van der Waals surface area contributed by atoms with Crippen molar-refractivity contribution >= 4 is 5.97 Å². The number of hydrogen-bond donors (Lipinski definition) is 2. The molecule has 4 nitrogen and oxygen atoms in total. The van der Waals surface area contributed by atoms with Crippen molar-refractivity contribution in [2.24, 2.45) is 5.92 Å². The van der Waals surface area contributed by atoms with E-state index in [1.54, 1.807) is 0 Å². The second kappa shape index (κ2) is 3.84. The summed E-state index contributed by atoms with van der Waals surface area (Å²) in [5.41, 5.74) is 7.03. The third-order valence-corrected chi connectivity index (χ3v) is 2.52. The van der Waals surface area contributed by atoms with Crippen molar-refractivity contribution in [3.8, 4) is 0 Å². The fourth-order valence-electron chi connectivity index (χ4n) is 1.81. The molecule has 0 bridgehead atoms. The smallest absolute Gasteiger partial charge is 0.325 e. The molecule has 1 saturated heterocycles. The minimum absolute atomic E-state index is 0.177. The minimum atomic E-state index is -0.244. The molecule has 0 aromatic rings. The van der Waals surface area contributed by atoms with E-state index in [9.17, 15) is 4.79 Å². The molecule has 14 heavy (non-hydrogen) atoms. The van der Waals surface area contributed by atoms with Crippen LogP contribution >= 0.6 is 0 Å². The summed E-state index contributed by atoms with van der Waals surface area (Å²) in [6.07, 6.45) is 6.93. The lowest BCUT2D eigenvalue weighted by atomic mass is 9.92. The van der Waals surface area contributed by atoms with Gasteiger partial charge in [-0.3, -0.25) is 4.79 Å². The summed E-state index contributed by atoms with van der Waals surface area (Å²) in [6.45, 7) is 2.25. The van der Waals surface area contributed by atoms with Crippen LogP contribution in [-0.4, -0.2) is 18.6 Å². The van der Waals surface area contributed by atoms with Crippen molar-refractivity contribution < 1.29 is 9.53 Å². The highest BCUT2D eigenvalue weighted by Crippen LogP contribution is 2.26. The lowest BCUT2D eigenvalue weighted by molar-refractivity contribution is -0.146. The topological polar surface area (TPSA) is 50.4 Å². The van der Waals surface area contributed by atoms with Crippen LogP contribution in [0.5, 0.6) is 0 Å². The molecule has 4 heteroatoms. The maximum Gasteiger partial charge on any atom is 0.325 e. The number of carbonyl (C=O) groups excluding carboxylic acids is 1. The summed E-state index contributed by atoms with van der Waals surface area (Å²) in [7, 11) is 0. The molecule has 0 spiro atoms. The van der Waals surface area contributed by atoms with Crippen LogP contribution in [0.3, 0.4) is 0 Å². The molecule has 2 unspecified atom stereocenters. The molecular formula is C10H14N2O2. The number of carbonyl (C=O) groups is 1. The summed E-state index contributed by atoms with van der Waals surface area (Å²) < 4.78 is 4.98. The van der Waals surface area contributed by atoms with E-state index in [2.05, 4.69) is 16.9 Å². The molecule has 0 saturated carbocycles. The first kappa shape index (κ1) is 9.27. The van der Waals surface area contributed by atoms with E-state index in [1.807, 2.05) is 19.1 Å². The molecule has 0 amide bonds. The molecule has 1 aliphatic carbocycles. The molecule has 2 atom stereocenters. The van der Waals surface area contributed by atoms with Gasteiger partial charge in [0.2, 0.25) is 0 Å². The standard InChI is InChI=1S/C10H14N2O2/c1-2-14-10(13)9-7-5-3-4-6-8(7)11-12-9/h3-4,6-7,9,11-12H,2,5H2,1H3. The molecule has 2 N–H and O–H groups in total. The zero-order chi connectivity index (χ0) is 9.97. The first-order chi connectivity index (χ1) is 6.83. The largest absolute Gasteiger partial charge is 0.465 e. The monoisotopic (exact) mass is 194 g/mol. The highest BCUT2D eigenvalue weighted by molar-refractivity contribution is 5.77. The predicted octanol–water partition coefficient (Wildman–Crippen LogP) is 0.486. The van der Waals surface area contributed by atoms with Gasteiger partial charge in [-0.05, 0) is 19.4 Å². The molecule has 2 aliphatic rings. The Hall–Kier alpha value is -1.29. The van der Waals surface area contributed by atoms with Gasteiger partial charge in [-0.15, -0.1) is 0 Å². The lowest BCUT2D eigenvalue weighted by Crippen LogP contribution is -2.39. The molecular weight excluding hydrogens is 180 g/mol. The van der Waals surface area contributed by atoms with Crippen molar-refractivity contribution in [2.75, 3.05) is 6.61 Å². The first-order valence-corrected chi connectivity index (χ1v) is 4.88. The summed E-state index contributed by atoms with van der Waals surface area (Å²) in [4.78, 5) is 11.5. The highest BCUT2D eigenvalue weighted by atomic mass is 16.5. The zero-order valence-corrected chi connectivity index (χ0v) is 8.12. The number of esters is 1. The van der Waals surface area contributed by atoms with Gasteiger partial charge in [0.25, 0.3) is 0 Å². The maximum atomic E-state index is 11.5. The fourth-order valence-corrected chi connectivity index (χ4v) is 1.81. The van der Waals surface area contributed by atoms with Crippen molar-refractivity contribution in [3.63, 3.8) is 0 Å². The number of ether oxygens (including phenoxy) is 1. The Kier molecular flexibility index (Phi) is 2.54. The third-order valence-electron chi connectivity index (χ3n) is 2.52. The van der Waals surface area contributed by atoms with Crippen LogP contribution < -0.4 is 10.9 Å². The van der Waals surface area contributed by atoms with Gasteiger partial charge in [0.15, 0.2) is 0 Å². The molecule has 2 rings (SSSR count). The van der Waals surface area contributed by atoms with E-state index in [0.29, 0.717) is 6.61 Å². The van der Waals surface area contributed by atoms with E-state index >= 15 is 0 Å². The van der Waals surface area contributed by atoms with E-state index in [1.165, 1.54) is 0 Å². The molecule has 0 radical (unpaired) electrons. The van der Waals surface area contributed by atoms with Gasteiger partial charge in [-0.1, -0.05) is 12.2 Å². The van der Waals surface area contributed by atoms with Gasteiger partial charge in [0.05, 0.1) is 6.61 Å². The van der Waals surface area contributed by atoms with Crippen molar-refractivity contribution in [1.82, 2.24) is 10.9 Å². The number of hydrogen-bond acceptors (Lipinski definition) is 4. The second-order valence-electron chi connectivity index (χ2n) is 3.39. The first-order valence-electron chi connectivity index (χ1n) is 4.88. The maximum absolute atomic E-state index is 11.5. The van der Waals surface area contributed by atoms with E-state index in [0.717, 1.165) is 12.1 Å². The van der Waals surface area contributed by atoms with Crippen molar-refractivity contribution in [3.05, 3.63) is 23.9 Å². The number of rotatable bonds is 2. The molecule has 1 aliphatic heterocycles. The average Bonchev–Trinajstić information content (AvgIpc) is 2.61. The van der Waals surface area contributed by atoms with Crippen LogP contribution in [0.15, 0.2) is 23.9 Å². The Bertz CT molecular complexity index is 296. The van der Waals surface area contributed by atoms with E-state index in [4.69, 9.17) is 4.74 Å². The second-order valence-corrected chi connectivity index (χ2v) is 3.39. The molecule has 76 valence electrons. The molecule has 1 fully saturated rings. The summed E-state index contributed by atoms with van der Waals surface area (Å²) >= 11 is 0. The van der Waals surface area contributed by atoms with Gasteiger partial charge in [0, 0.05) is 11.6 Å². The molecule has 1 heterocycles. The number of fused-ring (bicyclic) bond motifs is 1. The third kappa shape index (κ3) is 1.53. The SMILES string of the molecule is CCOC(=O)C1NNC2=CC=CCC21. The van der Waals surface area contributed by atoms with Crippen LogP contribution in [0.25, 0.3) is 0 Å². The molecule has 0 aromatic heterocycles. The highest BCUT2D eigenvalue weighted by Gasteiger charge is 2.37. The number of hydrazine groups is 1. The summed E-state index contributed by atoms with van der Waals surface area (Å²) in [6, 6.07) is -0.244. The van der Waals surface area contributed by atoms with Crippen LogP contribution in [0.4, 0.5) is 0 Å². The Labute approximate surface area is 83.0 Å². The Morgan fingerprint density at radius 1 is 1.71 bits per heavy atom. The lowest BCUT2D eigenvalue weighted by Gasteiger charge is -2.16. The summed E-state index contributed by atoms with van der Waals surface area (Å²) in [5.74, 6) is 0.0303. The zero-order valence-electron chi connectivity index (χ0n) is 8.12. The molecule has 0 aromatic carbocycles. The van der Waals surface area contributed by atoms with Gasteiger partial charge < -0.3 is 10.2 Å². The van der Waals surface area contributed by atoms with E-state index in [-0.39, 0.29) is 17.9 Å². The minimum Gasteiger partial charge on any atom is -0.465 e. The van der Waals surface area contributed by atoms with Crippen LogP contribution in [0, 0.1) is 5.92 Å². The normalized spacial score (nSPS) is 29.1. The van der Waals surface area contributed by atoms with Gasteiger partial charge >= 0.3 is 5.97 Å². The quantitative estimate of drug-likeness (QED) is 0.628. The van der Waals surface area contributed by atoms with Gasteiger partial charge in [-0.25, -0.2) is 5.43 Å². The Balaban J connectivity index is 2.06. The number of nitrogens with one attached hydrogen (secondary N) is 2. The Morgan fingerprint density at radius 3 is 3.36 bits per heavy atom. The van der Waals surface area contributed by atoms with Gasteiger partial charge in [-0.2, -0.15) is 0 Å². The van der Waals surface area contributed by atoms with Crippen molar-refractivity contribution in [1.29, 1.82) is 0 Å². The predicted molar refractivity (Wildman–Crippen MR) is 52.0 cm³/mol. The van der Waals surface area contributed by atoms with Crippen LogP contribution in [0.1, 0.15) is 13.3 Å². The van der Waals surface area contributed by atoms with E-state index < -0.39 is 0 Å². The van der Waals surface area contributed by atoms with Crippen LogP contribution in [0.2, 0.25) is 0 Å². The number of allylic oxidation sites excluding steroid dienone is 3. The van der Waals surface area contributed by atoms with Crippen molar-refractivity contribution in [2.45, 2.75) is 19.4 Å². The fraction of sp³-hybridized carbons (Fsp3) is 0.500. The van der Waals surface area contributed by atoms with Crippen LogP contribution in [-0.2, 0) is 9.53 Å². The average molecular weight is 194 g/mol. The Morgan fingerprint density at radius 2 is 2.57 bits per heavy atom. The summed E-state index contributed by atoms with van der Waals surface area (Å²) in [5, 5.41) is 0. The van der Waals surface area contributed by atoms with Gasteiger partial charge in [0.1, 0.15) is 6.04 Å².